The first kappa shape index (κ1) is 38.2. The van der Waals surface area contributed by atoms with Crippen molar-refractivity contribution in [3.63, 3.8) is 0 Å². The number of anilines is 4. The number of hydrogen-bond donors (Lipinski definition) is 0. The van der Waals surface area contributed by atoms with Crippen LogP contribution in [0.25, 0.3) is 38.8 Å². The Labute approximate surface area is 350 Å². The summed E-state index contributed by atoms with van der Waals surface area (Å²) in [7, 11) is 0. The molecule has 1 aliphatic rings. The van der Waals surface area contributed by atoms with E-state index in [2.05, 4.69) is 191 Å². The molecule has 0 spiro atoms. The van der Waals surface area contributed by atoms with E-state index in [9.17, 15) is 0 Å². The largest absolute Gasteiger partial charge is 0.509 e. The molecule has 6 aromatic carbocycles. The smallest absolute Gasteiger partial charge is 0.136 e. The Morgan fingerprint density at radius 3 is 1.98 bits per heavy atom. The number of pyridine rings is 1. The van der Waals surface area contributed by atoms with E-state index in [1.54, 1.807) is 0 Å². The number of benzene rings is 6. The summed E-state index contributed by atoms with van der Waals surface area (Å²) in [5, 5.41) is 2.22. The average molecular weight is 925 g/mol. The Morgan fingerprint density at radius 1 is 0.614 bits per heavy atom. The molecule has 57 heavy (non-hydrogen) atoms. The zero-order chi connectivity index (χ0) is 38.8. The van der Waals surface area contributed by atoms with Gasteiger partial charge < -0.3 is 19.1 Å². The molecule has 0 radical (unpaired) electrons. The molecule has 6 heteroatoms. The number of hydrogen-bond acceptors (Lipinski definition) is 4. The number of aryl methyl sites for hydroxylation is 1. The monoisotopic (exact) mass is 924 g/mol. The van der Waals surface area contributed by atoms with E-state index < -0.39 is 0 Å². The van der Waals surface area contributed by atoms with Crippen molar-refractivity contribution in [2.24, 2.45) is 0 Å². The van der Waals surface area contributed by atoms with Crippen molar-refractivity contribution in [2.75, 3.05) is 9.80 Å². The fourth-order valence-corrected chi connectivity index (χ4v) is 7.62. The van der Waals surface area contributed by atoms with Gasteiger partial charge in [-0.05, 0) is 87.4 Å². The van der Waals surface area contributed by atoms with Crippen LogP contribution in [0, 0.1) is 25.7 Å². The van der Waals surface area contributed by atoms with Crippen LogP contribution in [0.3, 0.4) is 0 Å². The van der Waals surface area contributed by atoms with E-state index in [1.165, 1.54) is 11.1 Å². The van der Waals surface area contributed by atoms with Gasteiger partial charge >= 0.3 is 0 Å². The van der Waals surface area contributed by atoms with Crippen LogP contribution >= 0.6 is 0 Å². The molecule has 5 nitrogen and oxygen atoms in total. The maximum absolute atomic E-state index is 6.59. The van der Waals surface area contributed by atoms with Crippen molar-refractivity contribution < 1.29 is 25.8 Å². The fraction of sp³-hybridized carbons (Fsp3) is 0.176. The minimum Gasteiger partial charge on any atom is -0.509 e. The van der Waals surface area contributed by atoms with Crippen LogP contribution in [0.5, 0.6) is 11.5 Å². The third-order valence-corrected chi connectivity index (χ3v) is 10.8. The van der Waals surface area contributed by atoms with Gasteiger partial charge in [0.1, 0.15) is 5.82 Å². The maximum atomic E-state index is 6.59. The van der Waals surface area contributed by atoms with Crippen LogP contribution in [-0.4, -0.2) is 9.55 Å². The molecule has 8 aromatic rings. The summed E-state index contributed by atoms with van der Waals surface area (Å²) < 4.78 is 8.78. The summed E-state index contributed by atoms with van der Waals surface area (Å²) in [6.45, 7) is 18.0. The topological polar surface area (TPSA) is 33.5 Å². The van der Waals surface area contributed by atoms with Crippen LogP contribution in [0.2, 0.25) is 0 Å². The van der Waals surface area contributed by atoms with E-state index in [-0.39, 0.29) is 31.9 Å². The van der Waals surface area contributed by atoms with E-state index >= 15 is 0 Å². The van der Waals surface area contributed by atoms with Gasteiger partial charge in [0, 0.05) is 61.3 Å². The van der Waals surface area contributed by atoms with Gasteiger partial charge in [0.25, 0.3) is 0 Å². The summed E-state index contributed by atoms with van der Waals surface area (Å²) in [4.78, 5) is 9.43. The molecule has 3 heterocycles. The van der Waals surface area contributed by atoms with Gasteiger partial charge in [0.2, 0.25) is 0 Å². The van der Waals surface area contributed by atoms with Gasteiger partial charge in [0.05, 0.1) is 0 Å². The summed E-state index contributed by atoms with van der Waals surface area (Å²) in [6, 6.07) is 54.0. The first-order valence-electron chi connectivity index (χ1n) is 19.3. The molecule has 1 aliphatic heterocycles. The molecule has 0 aliphatic carbocycles. The zero-order valence-corrected chi connectivity index (χ0v) is 35.6. The number of rotatable bonds is 6. The van der Waals surface area contributed by atoms with Crippen LogP contribution in [0.15, 0.2) is 140 Å². The molecule has 0 unspecified atom stereocenters. The van der Waals surface area contributed by atoms with Crippen LogP contribution in [-0.2, 0) is 31.9 Å². The number of para-hydroxylation sites is 3. The van der Waals surface area contributed by atoms with Crippen molar-refractivity contribution >= 4 is 44.6 Å². The normalized spacial score (nSPS) is 12.9. The van der Waals surface area contributed by atoms with E-state index in [0.717, 1.165) is 67.1 Å². The second kappa shape index (κ2) is 14.7. The van der Waals surface area contributed by atoms with Crippen molar-refractivity contribution in [3.8, 4) is 28.4 Å². The van der Waals surface area contributed by atoms with Gasteiger partial charge in [-0.3, -0.25) is 0 Å². The van der Waals surface area contributed by atoms with Crippen molar-refractivity contribution in [2.45, 2.75) is 59.3 Å². The Bertz CT molecular complexity index is 2720. The van der Waals surface area contributed by atoms with E-state index in [0.29, 0.717) is 11.5 Å². The van der Waals surface area contributed by atoms with Crippen molar-refractivity contribution in [3.05, 3.63) is 175 Å². The van der Waals surface area contributed by atoms with Gasteiger partial charge in [-0.2, -0.15) is 12.1 Å². The third-order valence-electron chi connectivity index (χ3n) is 10.8. The van der Waals surface area contributed by atoms with Crippen LogP contribution in [0.4, 0.5) is 22.7 Å². The van der Waals surface area contributed by atoms with E-state index in [1.807, 2.05) is 30.5 Å². The molecule has 0 saturated carbocycles. The molecular formula is C51H45N4OPt-3. The summed E-state index contributed by atoms with van der Waals surface area (Å²) >= 11 is 0. The van der Waals surface area contributed by atoms with Gasteiger partial charge in [-0.1, -0.05) is 114 Å². The van der Waals surface area contributed by atoms with Crippen molar-refractivity contribution in [1.82, 2.24) is 9.55 Å². The quantitative estimate of drug-likeness (QED) is 0.156. The third kappa shape index (κ3) is 7.15. The molecule has 0 atom stereocenters. The van der Waals surface area contributed by atoms with Crippen LogP contribution in [0.1, 0.15) is 58.2 Å². The molecule has 0 fully saturated rings. The fourth-order valence-electron chi connectivity index (χ4n) is 7.62. The summed E-state index contributed by atoms with van der Waals surface area (Å²) in [5.41, 5.74) is 12.3. The van der Waals surface area contributed by atoms with Crippen molar-refractivity contribution in [1.29, 1.82) is 0 Å². The Morgan fingerprint density at radius 2 is 1.26 bits per heavy atom. The number of nitrogens with zero attached hydrogens (tertiary/aromatic N) is 4. The van der Waals surface area contributed by atoms with Gasteiger partial charge in [-0.15, -0.1) is 48.1 Å². The SMILES string of the molecule is Cc1cnc(-n2c3[c-]c(Oc4[c-]c(N5[CH-]N(c6cc(C(C)(C)C)cc(C(C)(C)C)c6)c6ccccc65)ccc4)ccc3c3ccccc32)cc1-c1ccccc1.[Pt]. The molecule has 0 saturated heterocycles. The molecule has 0 N–H and O–H groups in total. The predicted octanol–water partition coefficient (Wildman–Crippen LogP) is 13.5. The standard InChI is InChI=1S/C51H45N4O.Pt/c1-34-32-52-49(31-44(34)35-16-9-8-10-17-35)55-45-21-12-11-20-42(45)43-25-24-41(30-48(43)55)56-40-19-15-18-38(29-40)53-33-54(47-23-14-13-22-46(47)53)39-27-36(50(2,3)4)26-37(28-39)51(5,6)7;/h8-28,31-33H,1-7H3;/q-3;. The summed E-state index contributed by atoms with van der Waals surface area (Å²) in [6.07, 6.45) is 1.96. The molecule has 0 bridgehead atoms. The number of aromatic nitrogens is 2. The molecule has 2 aromatic heterocycles. The van der Waals surface area contributed by atoms with Gasteiger partial charge in [0.15, 0.2) is 0 Å². The first-order chi connectivity index (χ1) is 26.9. The first-order valence-corrected chi connectivity index (χ1v) is 19.3. The number of ether oxygens (including phenoxy) is 1. The molecule has 288 valence electrons. The molecular weight excluding hydrogens is 880 g/mol. The molecule has 9 rings (SSSR count). The van der Waals surface area contributed by atoms with Gasteiger partial charge in [-0.25, -0.2) is 4.98 Å². The second-order valence-corrected chi connectivity index (χ2v) is 16.8. The summed E-state index contributed by atoms with van der Waals surface area (Å²) in [5.74, 6) is 2.04. The second-order valence-electron chi connectivity index (χ2n) is 16.8. The Kier molecular flexibility index (Phi) is 9.86. The maximum Gasteiger partial charge on any atom is 0.136 e. The van der Waals surface area contributed by atoms with E-state index in [4.69, 9.17) is 9.72 Å². The average Bonchev–Trinajstić information content (AvgIpc) is 3.74. The zero-order valence-electron chi connectivity index (χ0n) is 33.4. The molecule has 0 amide bonds. The predicted molar refractivity (Wildman–Crippen MR) is 232 cm³/mol. The minimum atomic E-state index is 0. The Balaban J connectivity index is 0.00000455. The number of fused-ring (bicyclic) bond motifs is 4. The minimum absolute atomic E-state index is 0. The Hall–Kier alpha value is -5.64. The van der Waals surface area contributed by atoms with Crippen LogP contribution < -0.4 is 14.5 Å².